The topological polar surface area (TPSA) is 15.3 Å². The minimum Gasteiger partial charge on any atom is -0.315 e. The summed E-state index contributed by atoms with van der Waals surface area (Å²) in [6.07, 6.45) is 5.68. The van der Waals surface area contributed by atoms with Gasteiger partial charge in [-0.15, -0.1) is 0 Å². The van der Waals surface area contributed by atoms with Crippen molar-refractivity contribution in [3.05, 3.63) is 0 Å². The summed E-state index contributed by atoms with van der Waals surface area (Å²) in [6.45, 7) is 5.18. The van der Waals surface area contributed by atoms with Crippen molar-refractivity contribution in [1.29, 1.82) is 0 Å². The van der Waals surface area contributed by atoms with E-state index in [1.807, 2.05) is 0 Å². The van der Waals surface area contributed by atoms with Gasteiger partial charge in [0.1, 0.15) is 0 Å². The molecule has 2 heterocycles. The lowest BCUT2D eigenvalue weighted by molar-refractivity contribution is 0.173. The van der Waals surface area contributed by atoms with E-state index in [-0.39, 0.29) is 0 Å². The predicted octanol–water partition coefficient (Wildman–Crippen LogP) is 0.834. The molecule has 0 saturated carbocycles. The van der Waals surface area contributed by atoms with Crippen LogP contribution in [-0.4, -0.2) is 37.1 Å². The number of piperidine rings is 1. The van der Waals surface area contributed by atoms with Crippen LogP contribution >= 0.6 is 0 Å². The van der Waals surface area contributed by atoms with E-state index in [1.165, 1.54) is 51.9 Å². The second-order valence-electron chi connectivity index (χ2n) is 3.74. The van der Waals surface area contributed by atoms with Crippen molar-refractivity contribution in [3.63, 3.8) is 0 Å². The van der Waals surface area contributed by atoms with Crippen LogP contribution < -0.4 is 5.32 Å². The van der Waals surface area contributed by atoms with Crippen LogP contribution in [0.4, 0.5) is 0 Å². The van der Waals surface area contributed by atoms with Crippen LogP contribution in [-0.2, 0) is 0 Å². The lowest BCUT2D eigenvalue weighted by Crippen LogP contribution is -2.40. The lowest BCUT2D eigenvalue weighted by Gasteiger charge is -2.31. The Morgan fingerprint density at radius 2 is 1.91 bits per heavy atom. The van der Waals surface area contributed by atoms with Crippen molar-refractivity contribution in [2.24, 2.45) is 0 Å². The highest BCUT2D eigenvalue weighted by molar-refractivity contribution is 4.81. The van der Waals surface area contributed by atoms with Crippen molar-refractivity contribution in [3.8, 4) is 0 Å². The van der Waals surface area contributed by atoms with E-state index in [0.717, 1.165) is 6.04 Å². The van der Waals surface area contributed by atoms with Crippen LogP contribution in [0, 0.1) is 0 Å². The normalized spacial score (nSPS) is 34.4. The second-order valence-corrected chi connectivity index (χ2v) is 3.74. The van der Waals surface area contributed by atoms with Crippen LogP contribution in [0.5, 0.6) is 0 Å². The molecule has 0 spiro atoms. The minimum absolute atomic E-state index is 0.871. The Kier molecular flexibility index (Phi) is 2.44. The molecule has 2 heteroatoms. The van der Waals surface area contributed by atoms with E-state index in [9.17, 15) is 0 Å². The molecule has 2 aliphatic heterocycles. The first-order chi connectivity index (χ1) is 5.47. The average Bonchev–Trinajstić information content (AvgIpc) is 2.58. The third-order valence-electron chi connectivity index (χ3n) is 2.94. The van der Waals surface area contributed by atoms with Crippen molar-refractivity contribution < 1.29 is 0 Å². The summed E-state index contributed by atoms with van der Waals surface area (Å²) in [4.78, 5) is 2.67. The fourth-order valence-corrected chi connectivity index (χ4v) is 2.23. The molecule has 0 aromatic rings. The third-order valence-corrected chi connectivity index (χ3v) is 2.94. The van der Waals surface area contributed by atoms with Gasteiger partial charge < -0.3 is 5.32 Å². The Morgan fingerprint density at radius 3 is 2.55 bits per heavy atom. The SMILES string of the molecule is C1CCN(C2CCNC2)CC1. The van der Waals surface area contributed by atoms with Crippen LogP contribution in [0.3, 0.4) is 0 Å². The number of likely N-dealkylation sites (tertiary alicyclic amines) is 1. The van der Waals surface area contributed by atoms with Gasteiger partial charge in [0.05, 0.1) is 0 Å². The largest absolute Gasteiger partial charge is 0.315 e. The van der Waals surface area contributed by atoms with E-state index >= 15 is 0 Å². The van der Waals surface area contributed by atoms with E-state index in [0.29, 0.717) is 0 Å². The molecule has 2 aliphatic rings. The highest BCUT2D eigenvalue weighted by Gasteiger charge is 2.22. The molecule has 0 aliphatic carbocycles. The molecule has 64 valence electrons. The highest BCUT2D eigenvalue weighted by atomic mass is 15.2. The summed E-state index contributed by atoms with van der Waals surface area (Å²) in [5.41, 5.74) is 0. The summed E-state index contributed by atoms with van der Waals surface area (Å²) in [6, 6.07) is 0.871. The number of rotatable bonds is 1. The van der Waals surface area contributed by atoms with Gasteiger partial charge in [0.15, 0.2) is 0 Å². The van der Waals surface area contributed by atoms with Gasteiger partial charge in [-0.1, -0.05) is 6.42 Å². The maximum Gasteiger partial charge on any atom is 0.0232 e. The molecule has 0 aromatic heterocycles. The Morgan fingerprint density at radius 1 is 1.09 bits per heavy atom. The summed E-state index contributed by atoms with van der Waals surface area (Å²) >= 11 is 0. The molecule has 1 N–H and O–H groups in total. The average molecular weight is 154 g/mol. The highest BCUT2D eigenvalue weighted by Crippen LogP contribution is 2.15. The Hall–Kier alpha value is -0.0800. The van der Waals surface area contributed by atoms with Crippen molar-refractivity contribution in [2.45, 2.75) is 31.7 Å². The van der Waals surface area contributed by atoms with Gasteiger partial charge in [-0.25, -0.2) is 0 Å². The fraction of sp³-hybridized carbons (Fsp3) is 1.00. The van der Waals surface area contributed by atoms with Crippen LogP contribution in [0.25, 0.3) is 0 Å². The van der Waals surface area contributed by atoms with Crippen LogP contribution in [0.15, 0.2) is 0 Å². The molecule has 2 nitrogen and oxygen atoms in total. The van der Waals surface area contributed by atoms with E-state index < -0.39 is 0 Å². The first-order valence-corrected chi connectivity index (χ1v) is 4.91. The van der Waals surface area contributed by atoms with Crippen molar-refractivity contribution >= 4 is 0 Å². The monoisotopic (exact) mass is 154 g/mol. The van der Waals surface area contributed by atoms with Gasteiger partial charge in [0, 0.05) is 12.6 Å². The Balaban J connectivity index is 1.82. The van der Waals surface area contributed by atoms with Gasteiger partial charge in [0.25, 0.3) is 0 Å². The number of nitrogens with zero attached hydrogens (tertiary/aromatic N) is 1. The van der Waals surface area contributed by atoms with Gasteiger partial charge in [-0.3, -0.25) is 4.90 Å². The molecule has 0 amide bonds. The van der Waals surface area contributed by atoms with Gasteiger partial charge in [-0.05, 0) is 38.9 Å². The third kappa shape index (κ3) is 1.74. The molecule has 11 heavy (non-hydrogen) atoms. The molecular weight excluding hydrogens is 136 g/mol. The van der Waals surface area contributed by atoms with Crippen LogP contribution in [0.2, 0.25) is 0 Å². The molecule has 1 unspecified atom stereocenters. The number of hydrogen-bond donors (Lipinski definition) is 1. The zero-order valence-electron chi connectivity index (χ0n) is 7.18. The van der Waals surface area contributed by atoms with Crippen molar-refractivity contribution in [1.82, 2.24) is 10.2 Å². The first-order valence-electron chi connectivity index (χ1n) is 4.91. The Labute approximate surface area is 69.0 Å². The molecule has 0 radical (unpaired) electrons. The maximum absolute atomic E-state index is 3.43. The molecule has 2 rings (SSSR count). The zero-order chi connectivity index (χ0) is 7.52. The zero-order valence-corrected chi connectivity index (χ0v) is 7.18. The van der Waals surface area contributed by atoms with E-state index in [2.05, 4.69) is 10.2 Å². The van der Waals surface area contributed by atoms with Crippen molar-refractivity contribution in [2.75, 3.05) is 26.2 Å². The minimum atomic E-state index is 0.871. The maximum atomic E-state index is 3.43. The molecule has 0 bridgehead atoms. The quantitative estimate of drug-likeness (QED) is 0.602. The van der Waals surface area contributed by atoms with Gasteiger partial charge in [-0.2, -0.15) is 0 Å². The number of nitrogens with one attached hydrogen (secondary N) is 1. The molecule has 2 fully saturated rings. The summed E-state index contributed by atoms with van der Waals surface area (Å²) < 4.78 is 0. The first kappa shape index (κ1) is 7.56. The smallest absolute Gasteiger partial charge is 0.0232 e. The Bertz CT molecular complexity index is 113. The second kappa shape index (κ2) is 3.55. The molecule has 0 aromatic carbocycles. The summed E-state index contributed by atoms with van der Waals surface area (Å²) in [5.74, 6) is 0. The van der Waals surface area contributed by atoms with Gasteiger partial charge >= 0.3 is 0 Å². The summed E-state index contributed by atoms with van der Waals surface area (Å²) in [7, 11) is 0. The lowest BCUT2D eigenvalue weighted by atomic mass is 10.1. The molecular formula is C9H18N2. The summed E-state index contributed by atoms with van der Waals surface area (Å²) in [5, 5.41) is 3.43. The molecule has 1 atom stereocenters. The fourth-order valence-electron chi connectivity index (χ4n) is 2.23. The standard InChI is InChI=1S/C9H18N2/c1-2-6-11(7-3-1)9-4-5-10-8-9/h9-10H,1-8H2. The van der Waals surface area contributed by atoms with E-state index in [1.54, 1.807) is 0 Å². The van der Waals surface area contributed by atoms with E-state index in [4.69, 9.17) is 0 Å². The van der Waals surface area contributed by atoms with Crippen LogP contribution in [0.1, 0.15) is 25.7 Å². The molecule has 2 saturated heterocycles. The number of hydrogen-bond acceptors (Lipinski definition) is 2. The predicted molar refractivity (Wildman–Crippen MR) is 46.7 cm³/mol. The van der Waals surface area contributed by atoms with Gasteiger partial charge in [0.2, 0.25) is 0 Å².